The highest BCUT2D eigenvalue weighted by Gasteiger charge is 2.26. The van der Waals surface area contributed by atoms with Gasteiger partial charge in [-0.15, -0.1) is 0 Å². The maximum absolute atomic E-state index is 12.6. The Morgan fingerprint density at radius 3 is 1.77 bits per heavy atom. The predicted molar refractivity (Wildman–Crippen MR) is 54.6 cm³/mol. The first kappa shape index (κ1) is 12.9. The van der Waals surface area contributed by atoms with E-state index in [9.17, 15) is 4.39 Å². The number of rotatable bonds is 3. The van der Waals surface area contributed by atoms with Crippen molar-refractivity contribution in [3.8, 4) is 0 Å². The fourth-order valence-corrected chi connectivity index (χ4v) is 0.877. The average molecular weight is 190 g/mol. The van der Waals surface area contributed by atoms with Crippen LogP contribution in [0.5, 0.6) is 0 Å². The van der Waals surface area contributed by atoms with Gasteiger partial charge in [-0.2, -0.15) is 0 Å². The van der Waals surface area contributed by atoms with Crippen molar-refractivity contribution in [1.82, 2.24) is 0 Å². The third-order valence-corrected chi connectivity index (χ3v) is 2.13. The number of hydrogen-bond donors (Lipinski definition) is 0. The summed E-state index contributed by atoms with van der Waals surface area (Å²) >= 11 is 0. The molecule has 0 saturated heterocycles. The zero-order valence-corrected chi connectivity index (χ0v) is 9.78. The van der Waals surface area contributed by atoms with E-state index in [1.165, 1.54) is 0 Å². The molecular weight excluding hydrogens is 167 g/mol. The third kappa shape index (κ3) is 6.03. The van der Waals surface area contributed by atoms with Gasteiger partial charge in [0.05, 0.1) is 18.9 Å². The second-order valence-electron chi connectivity index (χ2n) is 5.64. The highest BCUT2D eigenvalue weighted by molar-refractivity contribution is 4.74. The van der Waals surface area contributed by atoms with E-state index >= 15 is 0 Å². The van der Waals surface area contributed by atoms with E-state index in [-0.39, 0.29) is 23.6 Å². The van der Waals surface area contributed by atoms with Gasteiger partial charge in [-0.1, -0.05) is 20.8 Å². The first-order valence-electron chi connectivity index (χ1n) is 4.87. The van der Waals surface area contributed by atoms with E-state index in [1.807, 2.05) is 41.5 Å². The number of alkyl halides is 1. The van der Waals surface area contributed by atoms with Crippen molar-refractivity contribution in [2.75, 3.05) is 13.3 Å². The molecule has 0 saturated carbocycles. The monoisotopic (exact) mass is 190 g/mol. The van der Waals surface area contributed by atoms with Crippen molar-refractivity contribution < 1.29 is 9.13 Å². The smallest absolute Gasteiger partial charge is 0.0949 e. The minimum absolute atomic E-state index is 0.00766. The van der Waals surface area contributed by atoms with Gasteiger partial charge in [0.1, 0.15) is 0 Å². The van der Waals surface area contributed by atoms with Crippen molar-refractivity contribution >= 4 is 0 Å². The largest absolute Gasteiger partial charge is 0.375 e. The van der Waals surface area contributed by atoms with Gasteiger partial charge in [0.2, 0.25) is 0 Å². The Bertz CT molecular complexity index is 141. The van der Waals surface area contributed by atoms with Crippen molar-refractivity contribution in [2.24, 2.45) is 11.3 Å². The van der Waals surface area contributed by atoms with Gasteiger partial charge >= 0.3 is 0 Å². The van der Waals surface area contributed by atoms with Crippen molar-refractivity contribution in [3.63, 3.8) is 0 Å². The zero-order chi connectivity index (χ0) is 10.7. The van der Waals surface area contributed by atoms with Gasteiger partial charge in [0.25, 0.3) is 0 Å². The molecule has 1 nitrogen and oxygen atoms in total. The van der Waals surface area contributed by atoms with Gasteiger partial charge in [0.15, 0.2) is 0 Å². The van der Waals surface area contributed by atoms with Gasteiger partial charge in [0, 0.05) is 5.92 Å². The molecule has 0 aliphatic heterocycles. The van der Waals surface area contributed by atoms with Gasteiger partial charge < -0.3 is 4.74 Å². The fraction of sp³-hybridized carbons (Fsp3) is 1.00. The van der Waals surface area contributed by atoms with E-state index in [0.717, 1.165) is 0 Å². The Labute approximate surface area is 81.7 Å². The van der Waals surface area contributed by atoms with Gasteiger partial charge in [-0.25, -0.2) is 0 Å². The zero-order valence-electron chi connectivity index (χ0n) is 9.78. The van der Waals surface area contributed by atoms with Crippen molar-refractivity contribution in [2.45, 2.75) is 47.1 Å². The van der Waals surface area contributed by atoms with E-state index in [2.05, 4.69) is 0 Å². The van der Waals surface area contributed by atoms with Gasteiger partial charge in [-0.05, 0) is 26.2 Å². The maximum Gasteiger partial charge on any atom is 0.0949 e. The summed E-state index contributed by atoms with van der Waals surface area (Å²) in [4.78, 5) is 0. The average Bonchev–Trinajstić information content (AvgIpc) is 1.82. The summed E-state index contributed by atoms with van der Waals surface area (Å²) in [5.74, 6) is -0.00766. The molecule has 0 amide bonds. The van der Waals surface area contributed by atoms with E-state index < -0.39 is 0 Å². The molecule has 0 fully saturated rings. The number of halogens is 1. The van der Waals surface area contributed by atoms with Crippen LogP contribution < -0.4 is 0 Å². The lowest BCUT2D eigenvalue weighted by Gasteiger charge is -2.31. The second kappa shape index (κ2) is 4.41. The van der Waals surface area contributed by atoms with Crippen LogP contribution >= 0.6 is 0 Å². The molecule has 0 aliphatic rings. The van der Waals surface area contributed by atoms with Crippen LogP contribution in [-0.4, -0.2) is 18.9 Å². The Hall–Kier alpha value is -0.110. The Kier molecular flexibility index (Phi) is 4.37. The van der Waals surface area contributed by atoms with Gasteiger partial charge in [-0.3, -0.25) is 4.39 Å². The van der Waals surface area contributed by atoms with Crippen LogP contribution in [0.4, 0.5) is 4.39 Å². The fourth-order valence-electron chi connectivity index (χ4n) is 0.877. The first-order chi connectivity index (χ1) is 5.67. The number of ether oxygens (including phenoxy) is 1. The Morgan fingerprint density at radius 2 is 1.54 bits per heavy atom. The van der Waals surface area contributed by atoms with E-state index in [1.54, 1.807) is 0 Å². The maximum atomic E-state index is 12.6. The topological polar surface area (TPSA) is 9.23 Å². The molecule has 0 radical (unpaired) electrons. The number of hydrogen-bond acceptors (Lipinski definition) is 1. The molecule has 0 N–H and O–H groups in total. The summed E-state index contributed by atoms with van der Waals surface area (Å²) in [6.45, 7) is 12.3. The molecule has 1 atom stereocenters. The van der Waals surface area contributed by atoms with Crippen LogP contribution in [0.3, 0.4) is 0 Å². The minimum Gasteiger partial charge on any atom is -0.375 e. The predicted octanol–water partition coefficient (Wildman–Crippen LogP) is 3.43. The normalized spacial score (nSPS) is 15.9. The lowest BCUT2D eigenvalue weighted by molar-refractivity contribution is -0.0463. The summed E-state index contributed by atoms with van der Waals surface area (Å²) in [7, 11) is 0. The van der Waals surface area contributed by atoms with Crippen LogP contribution in [0.2, 0.25) is 0 Å². The molecule has 0 heterocycles. The molecule has 13 heavy (non-hydrogen) atoms. The summed E-state index contributed by atoms with van der Waals surface area (Å²) in [5.41, 5.74) is -0.182. The Balaban J connectivity index is 4.02. The molecular formula is C11H23FO. The quantitative estimate of drug-likeness (QED) is 0.662. The van der Waals surface area contributed by atoms with Crippen LogP contribution in [0.1, 0.15) is 41.5 Å². The standard InChI is InChI=1S/C11H23FO/c1-10(2,3)9(7-12)8-13-11(4,5)6/h9H,7-8H2,1-6H3. The molecule has 0 rings (SSSR count). The summed E-state index contributed by atoms with van der Waals surface area (Å²) in [5, 5.41) is 0. The van der Waals surface area contributed by atoms with Crippen LogP contribution in [0, 0.1) is 11.3 Å². The minimum atomic E-state index is -0.306. The molecule has 0 aromatic heterocycles. The molecule has 2 heteroatoms. The highest BCUT2D eigenvalue weighted by Crippen LogP contribution is 2.27. The molecule has 0 aromatic carbocycles. The first-order valence-corrected chi connectivity index (χ1v) is 4.87. The SMILES string of the molecule is CC(C)(C)OCC(CF)C(C)(C)C. The molecule has 0 bridgehead atoms. The second-order valence-corrected chi connectivity index (χ2v) is 5.64. The third-order valence-electron chi connectivity index (χ3n) is 2.13. The van der Waals surface area contributed by atoms with Crippen LogP contribution in [-0.2, 0) is 4.74 Å². The molecule has 0 aliphatic carbocycles. The summed E-state index contributed by atoms with van der Waals surface area (Å²) in [6.07, 6.45) is 0. The highest BCUT2D eigenvalue weighted by atomic mass is 19.1. The molecule has 1 unspecified atom stereocenters. The van der Waals surface area contributed by atoms with E-state index in [4.69, 9.17) is 4.74 Å². The van der Waals surface area contributed by atoms with Crippen LogP contribution in [0.25, 0.3) is 0 Å². The lowest BCUT2D eigenvalue weighted by Crippen LogP contribution is -2.31. The Morgan fingerprint density at radius 1 is 1.08 bits per heavy atom. The summed E-state index contributed by atoms with van der Waals surface area (Å²) < 4.78 is 18.2. The van der Waals surface area contributed by atoms with Crippen LogP contribution in [0.15, 0.2) is 0 Å². The lowest BCUT2D eigenvalue weighted by atomic mass is 9.82. The molecule has 0 spiro atoms. The molecule has 80 valence electrons. The molecule has 0 aromatic rings. The van der Waals surface area contributed by atoms with E-state index in [0.29, 0.717) is 6.61 Å². The van der Waals surface area contributed by atoms with Crippen molar-refractivity contribution in [1.29, 1.82) is 0 Å². The summed E-state index contributed by atoms with van der Waals surface area (Å²) in [6, 6.07) is 0. The van der Waals surface area contributed by atoms with Crippen molar-refractivity contribution in [3.05, 3.63) is 0 Å².